The molecule has 2 aromatic rings. The van der Waals surface area contributed by atoms with Crippen LogP contribution in [0, 0.1) is 0 Å². The van der Waals surface area contributed by atoms with Crippen molar-refractivity contribution in [3.63, 3.8) is 0 Å². The number of hydrogen-bond donors (Lipinski definition) is 2. The Labute approximate surface area is 128 Å². The van der Waals surface area contributed by atoms with Crippen molar-refractivity contribution in [2.45, 2.75) is 26.0 Å². The van der Waals surface area contributed by atoms with Gasteiger partial charge in [-0.15, -0.1) is 0 Å². The normalized spacial score (nSPS) is 11.6. The number of urea groups is 1. The molecule has 2 N–H and O–H groups in total. The molecule has 1 aromatic heterocycles. The summed E-state index contributed by atoms with van der Waals surface area (Å²) in [6, 6.07) is 6.83. The van der Waals surface area contributed by atoms with Crippen LogP contribution in [-0.2, 0) is 6.54 Å². The summed E-state index contributed by atoms with van der Waals surface area (Å²) in [5.41, 5.74) is 0.272. The molecule has 2 rings (SSSR count). The molecule has 0 aliphatic rings. The second-order valence-corrected chi connectivity index (χ2v) is 5.89. The van der Waals surface area contributed by atoms with Crippen molar-refractivity contribution in [1.82, 2.24) is 14.8 Å². The van der Waals surface area contributed by atoms with Crippen molar-refractivity contribution in [3.05, 3.63) is 34.8 Å². The number of carbonyl (C=O) groups excluding carboxylic acids is 1. The number of para-hydroxylation sites is 2. The van der Waals surface area contributed by atoms with Gasteiger partial charge in [-0.2, -0.15) is 0 Å². The lowest BCUT2D eigenvalue weighted by Crippen LogP contribution is -2.45. The number of benzene rings is 1. The minimum atomic E-state index is -0.955. The van der Waals surface area contributed by atoms with Crippen LogP contribution in [0.5, 0.6) is 0 Å². The van der Waals surface area contributed by atoms with Gasteiger partial charge in [0.15, 0.2) is 5.58 Å². The fourth-order valence-corrected chi connectivity index (χ4v) is 2.29. The number of oxazole rings is 1. The Bertz CT molecular complexity index is 711. The quantitative estimate of drug-likeness (QED) is 0.863. The van der Waals surface area contributed by atoms with Gasteiger partial charge in [0.2, 0.25) is 0 Å². The zero-order valence-electron chi connectivity index (χ0n) is 13.0. The molecule has 0 bridgehead atoms. The molecule has 0 saturated heterocycles. The van der Waals surface area contributed by atoms with Gasteiger partial charge in [0.05, 0.1) is 17.7 Å². The highest BCUT2D eigenvalue weighted by Gasteiger charge is 2.19. The van der Waals surface area contributed by atoms with Crippen molar-refractivity contribution in [2.24, 2.45) is 0 Å². The van der Waals surface area contributed by atoms with Gasteiger partial charge in [-0.05, 0) is 26.0 Å². The van der Waals surface area contributed by atoms with E-state index in [2.05, 4.69) is 5.32 Å². The first kappa shape index (κ1) is 16.1. The van der Waals surface area contributed by atoms with Crippen LogP contribution >= 0.6 is 0 Å². The Kier molecular flexibility index (Phi) is 4.56. The van der Waals surface area contributed by atoms with Gasteiger partial charge in [0.25, 0.3) is 0 Å². The molecule has 7 heteroatoms. The number of rotatable bonds is 5. The molecule has 2 amide bonds. The molecular formula is C15H21N3O4. The smallest absolute Gasteiger partial charge is 0.408 e. The van der Waals surface area contributed by atoms with E-state index in [1.165, 1.54) is 9.47 Å². The summed E-state index contributed by atoms with van der Waals surface area (Å²) in [5, 5.41) is 12.4. The molecule has 22 heavy (non-hydrogen) atoms. The highest BCUT2D eigenvalue weighted by molar-refractivity contribution is 5.74. The second-order valence-electron chi connectivity index (χ2n) is 5.89. The number of aromatic nitrogens is 1. The number of likely N-dealkylation sites (N-methyl/N-ethyl adjacent to an activating group) is 1. The lowest BCUT2D eigenvalue weighted by Gasteiger charge is -2.25. The van der Waals surface area contributed by atoms with Crippen LogP contribution in [0.3, 0.4) is 0 Å². The Morgan fingerprint density at radius 1 is 1.41 bits per heavy atom. The van der Waals surface area contributed by atoms with Crippen LogP contribution in [-0.4, -0.2) is 46.3 Å². The Balaban J connectivity index is 1.94. The SMILES string of the molecule is CN(CC(C)(C)O)C(=O)NCCn1c(=O)oc2ccccc21. The summed E-state index contributed by atoms with van der Waals surface area (Å²) in [6.45, 7) is 4.09. The predicted molar refractivity (Wildman–Crippen MR) is 82.8 cm³/mol. The lowest BCUT2D eigenvalue weighted by atomic mass is 10.1. The van der Waals surface area contributed by atoms with Gasteiger partial charge in [0.1, 0.15) is 0 Å². The number of carbonyl (C=O) groups is 1. The standard InChI is InChI=1S/C15H21N3O4/c1-15(2,21)10-17(3)13(19)16-8-9-18-11-6-4-5-7-12(11)22-14(18)20/h4-7,21H,8-10H2,1-3H3,(H,16,19). The van der Waals surface area contributed by atoms with Crippen LogP contribution in [0.1, 0.15) is 13.8 Å². The molecule has 0 radical (unpaired) electrons. The third-order valence-corrected chi connectivity index (χ3v) is 3.16. The van der Waals surface area contributed by atoms with Crippen molar-refractivity contribution >= 4 is 17.1 Å². The fraction of sp³-hybridized carbons (Fsp3) is 0.467. The molecule has 0 aliphatic carbocycles. The van der Waals surface area contributed by atoms with Crippen molar-refractivity contribution in [1.29, 1.82) is 0 Å². The second kappa shape index (κ2) is 6.23. The monoisotopic (exact) mass is 307 g/mol. The van der Waals surface area contributed by atoms with Crippen molar-refractivity contribution < 1.29 is 14.3 Å². The van der Waals surface area contributed by atoms with Gasteiger partial charge in [-0.3, -0.25) is 4.57 Å². The average Bonchev–Trinajstić information content (AvgIpc) is 2.73. The van der Waals surface area contributed by atoms with Gasteiger partial charge in [0, 0.05) is 20.1 Å². The lowest BCUT2D eigenvalue weighted by molar-refractivity contribution is 0.0532. The molecular weight excluding hydrogens is 286 g/mol. The number of hydrogen-bond acceptors (Lipinski definition) is 4. The molecule has 0 atom stereocenters. The topological polar surface area (TPSA) is 87.7 Å². The summed E-state index contributed by atoms with van der Waals surface area (Å²) in [7, 11) is 1.60. The zero-order chi connectivity index (χ0) is 16.3. The van der Waals surface area contributed by atoms with E-state index < -0.39 is 11.4 Å². The van der Waals surface area contributed by atoms with E-state index in [0.29, 0.717) is 24.2 Å². The number of nitrogens with one attached hydrogen (secondary N) is 1. The Morgan fingerprint density at radius 2 is 2.09 bits per heavy atom. The van der Waals surface area contributed by atoms with Gasteiger partial charge < -0.3 is 19.7 Å². The minimum absolute atomic E-state index is 0.216. The summed E-state index contributed by atoms with van der Waals surface area (Å²) in [5.74, 6) is -0.444. The maximum Gasteiger partial charge on any atom is 0.420 e. The fourth-order valence-electron chi connectivity index (χ4n) is 2.29. The molecule has 0 unspecified atom stereocenters. The molecule has 0 aliphatic heterocycles. The third kappa shape index (κ3) is 3.88. The van der Waals surface area contributed by atoms with Crippen LogP contribution in [0.15, 0.2) is 33.5 Å². The van der Waals surface area contributed by atoms with E-state index in [1.54, 1.807) is 39.1 Å². The summed E-state index contributed by atoms with van der Waals surface area (Å²) in [6.07, 6.45) is 0. The van der Waals surface area contributed by atoms with E-state index in [-0.39, 0.29) is 12.6 Å². The van der Waals surface area contributed by atoms with E-state index in [4.69, 9.17) is 4.42 Å². The summed E-state index contributed by atoms with van der Waals surface area (Å²) in [4.78, 5) is 25.1. The van der Waals surface area contributed by atoms with Gasteiger partial charge in [-0.1, -0.05) is 12.1 Å². The number of fused-ring (bicyclic) bond motifs is 1. The number of nitrogens with zero attached hydrogens (tertiary/aromatic N) is 2. The molecule has 1 aromatic carbocycles. The van der Waals surface area contributed by atoms with Crippen LogP contribution in [0.4, 0.5) is 4.79 Å². The highest BCUT2D eigenvalue weighted by atomic mass is 16.4. The largest absolute Gasteiger partial charge is 0.420 e. The average molecular weight is 307 g/mol. The maximum absolute atomic E-state index is 11.9. The highest BCUT2D eigenvalue weighted by Crippen LogP contribution is 2.11. The summed E-state index contributed by atoms with van der Waals surface area (Å²) < 4.78 is 6.60. The van der Waals surface area contributed by atoms with Crippen LogP contribution < -0.4 is 11.1 Å². The van der Waals surface area contributed by atoms with Gasteiger partial charge >= 0.3 is 11.8 Å². The van der Waals surface area contributed by atoms with E-state index in [0.717, 1.165) is 0 Å². The first-order valence-corrected chi connectivity index (χ1v) is 7.08. The number of amides is 2. The minimum Gasteiger partial charge on any atom is -0.408 e. The van der Waals surface area contributed by atoms with Crippen LogP contribution in [0.2, 0.25) is 0 Å². The molecule has 120 valence electrons. The summed E-state index contributed by atoms with van der Waals surface area (Å²) >= 11 is 0. The van der Waals surface area contributed by atoms with Gasteiger partial charge in [-0.25, -0.2) is 9.59 Å². The molecule has 1 heterocycles. The molecule has 0 spiro atoms. The predicted octanol–water partition coefficient (Wildman–Crippen LogP) is 1.01. The van der Waals surface area contributed by atoms with Crippen molar-refractivity contribution in [3.8, 4) is 0 Å². The van der Waals surface area contributed by atoms with E-state index >= 15 is 0 Å². The zero-order valence-corrected chi connectivity index (χ0v) is 13.0. The first-order chi connectivity index (χ1) is 10.3. The van der Waals surface area contributed by atoms with E-state index in [9.17, 15) is 14.7 Å². The third-order valence-electron chi connectivity index (χ3n) is 3.16. The van der Waals surface area contributed by atoms with Crippen LogP contribution in [0.25, 0.3) is 11.1 Å². The molecule has 0 saturated carbocycles. The maximum atomic E-state index is 11.9. The number of aliphatic hydroxyl groups is 1. The van der Waals surface area contributed by atoms with E-state index in [1.807, 2.05) is 6.07 Å². The van der Waals surface area contributed by atoms with Crippen molar-refractivity contribution in [2.75, 3.05) is 20.1 Å². The first-order valence-electron chi connectivity index (χ1n) is 7.08. The molecule has 0 fully saturated rings. The Hall–Kier alpha value is -2.28. The molecule has 7 nitrogen and oxygen atoms in total. The Morgan fingerprint density at radius 3 is 2.77 bits per heavy atom.